The van der Waals surface area contributed by atoms with Crippen molar-refractivity contribution in [2.75, 3.05) is 19.7 Å². The van der Waals surface area contributed by atoms with Crippen LogP contribution in [0.25, 0.3) is 0 Å². The van der Waals surface area contributed by atoms with Gasteiger partial charge >= 0.3 is 5.97 Å². The Hall–Kier alpha value is -0.610. The van der Waals surface area contributed by atoms with Crippen LogP contribution in [0, 0.1) is 5.41 Å². The van der Waals surface area contributed by atoms with Gasteiger partial charge in [0.25, 0.3) is 0 Å². The molecule has 0 radical (unpaired) electrons. The van der Waals surface area contributed by atoms with Crippen molar-refractivity contribution in [3.63, 3.8) is 0 Å². The van der Waals surface area contributed by atoms with E-state index in [2.05, 4.69) is 19.2 Å². The third-order valence-electron chi connectivity index (χ3n) is 3.26. The van der Waals surface area contributed by atoms with Crippen molar-refractivity contribution >= 4 is 5.97 Å². The molecular formula is C14H29NO3. The Morgan fingerprint density at radius 1 is 1.06 bits per heavy atom. The number of carbonyl (C=O) groups is 1. The van der Waals surface area contributed by atoms with E-state index in [1.165, 1.54) is 0 Å². The Balaban J connectivity index is 3.38. The maximum Gasteiger partial charge on any atom is 0.303 e. The van der Waals surface area contributed by atoms with Gasteiger partial charge in [-0.05, 0) is 44.2 Å². The van der Waals surface area contributed by atoms with Gasteiger partial charge in [0.15, 0.2) is 0 Å². The van der Waals surface area contributed by atoms with Crippen molar-refractivity contribution in [1.29, 1.82) is 0 Å². The number of carboxylic acids is 1. The summed E-state index contributed by atoms with van der Waals surface area (Å²) in [4.78, 5) is 10.5. The normalized spacial score (nSPS) is 11.7. The van der Waals surface area contributed by atoms with Gasteiger partial charge in [0.1, 0.15) is 0 Å². The largest absolute Gasteiger partial charge is 0.481 e. The monoisotopic (exact) mass is 259 g/mol. The number of aliphatic carboxylic acids is 1. The lowest BCUT2D eigenvalue weighted by molar-refractivity contribution is -0.137. The number of hydrogen-bond acceptors (Lipinski definition) is 3. The van der Waals surface area contributed by atoms with Gasteiger partial charge < -0.3 is 15.5 Å². The van der Waals surface area contributed by atoms with Crippen molar-refractivity contribution in [3.8, 4) is 0 Å². The third kappa shape index (κ3) is 11.9. The molecule has 0 heterocycles. The quantitative estimate of drug-likeness (QED) is 0.471. The van der Waals surface area contributed by atoms with Crippen LogP contribution < -0.4 is 5.32 Å². The van der Waals surface area contributed by atoms with E-state index >= 15 is 0 Å². The summed E-state index contributed by atoms with van der Waals surface area (Å²) in [7, 11) is 0. The van der Waals surface area contributed by atoms with E-state index in [-0.39, 0.29) is 11.8 Å². The molecule has 0 saturated heterocycles. The molecule has 0 spiro atoms. The van der Waals surface area contributed by atoms with E-state index in [0.717, 1.165) is 51.6 Å². The molecule has 0 atom stereocenters. The van der Waals surface area contributed by atoms with Gasteiger partial charge in [0.2, 0.25) is 0 Å². The van der Waals surface area contributed by atoms with Gasteiger partial charge in [-0.25, -0.2) is 0 Å². The van der Waals surface area contributed by atoms with Gasteiger partial charge in [-0.2, -0.15) is 0 Å². The maximum atomic E-state index is 10.5. The fourth-order valence-electron chi connectivity index (χ4n) is 1.84. The van der Waals surface area contributed by atoms with Crippen molar-refractivity contribution < 1.29 is 15.0 Å². The number of unbranched alkanes of at least 4 members (excludes halogenated alkanes) is 3. The van der Waals surface area contributed by atoms with E-state index in [9.17, 15) is 4.79 Å². The molecule has 3 N–H and O–H groups in total. The molecule has 0 aliphatic heterocycles. The van der Waals surface area contributed by atoms with Crippen LogP contribution in [0.3, 0.4) is 0 Å². The average molecular weight is 259 g/mol. The molecule has 0 aromatic heterocycles. The average Bonchev–Trinajstić information content (AvgIpc) is 2.30. The minimum absolute atomic E-state index is 0.0995. The minimum Gasteiger partial charge on any atom is -0.481 e. The summed E-state index contributed by atoms with van der Waals surface area (Å²) in [5, 5.41) is 20.7. The topological polar surface area (TPSA) is 69.6 Å². The first-order valence-corrected chi connectivity index (χ1v) is 7.01. The zero-order chi connectivity index (χ0) is 13.9. The van der Waals surface area contributed by atoms with Crippen molar-refractivity contribution in [3.05, 3.63) is 0 Å². The summed E-state index contributed by atoms with van der Waals surface area (Å²) in [6.07, 6.45) is 6.32. The van der Waals surface area contributed by atoms with Crippen LogP contribution in [0.1, 0.15) is 58.8 Å². The highest BCUT2D eigenvalue weighted by Crippen LogP contribution is 2.25. The molecule has 4 nitrogen and oxygen atoms in total. The van der Waals surface area contributed by atoms with Crippen LogP contribution in [0.15, 0.2) is 0 Å². The third-order valence-corrected chi connectivity index (χ3v) is 3.26. The smallest absolute Gasteiger partial charge is 0.303 e. The van der Waals surface area contributed by atoms with Crippen LogP contribution in [-0.4, -0.2) is 35.9 Å². The molecule has 0 unspecified atom stereocenters. The molecule has 0 bridgehead atoms. The summed E-state index contributed by atoms with van der Waals surface area (Å²) >= 11 is 0. The maximum absolute atomic E-state index is 10.5. The van der Waals surface area contributed by atoms with Crippen molar-refractivity contribution in [2.24, 2.45) is 5.41 Å². The number of nitrogens with one attached hydrogen (secondary N) is 1. The molecule has 0 fully saturated rings. The molecule has 0 aromatic rings. The molecule has 0 amide bonds. The fourth-order valence-corrected chi connectivity index (χ4v) is 1.84. The van der Waals surface area contributed by atoms with Gasteiger partial charge in [-0.1, -0.05) is 26.7 Å². The van der Waals surface area contributed by atoms with Crippen LogP contribution in [-0.2, 0) is 4.79 Å². The molecule has 0 rings (SSSR count). The molecule has 18 heavy (non-hydrogen) atoms. The Labute approximate surface area is 111 Å². The highest BCUT2D eigenvalue weighted by Gasteiger charge is 2.18. The fraction of sp³-hybridized carbons (Fsp3) is 0.929. The second-order valence-electron chi connectivity index (χ2n) is 5.70. The summed E-state index contributed by atoms with van der Waals surface area (Å²) in [5.74, 6) is -0.708. The van der Waals surface area contributed by atoms with Crippen molar-refractivity contribution in [2.45, 2.75) is 58.8 Å². The van der Waals surface area contributed by atoms with E-state index in [1.54, 1.807) is 0 Å². The lowest BCUT2D eigenvalue weighted by atomic mass is 9.84. The van der Waals surface area contributed by atoms with Gasteiger partial charge in [0.05, 0.1) is 0 Å². The Morgan fingerprint density at radius 2 is 1.72 bits per heavy atom. The summed E-state index contributed by atoms with van der Waals surface area (Å²) in [6, 6.07) is 0. The van der Waals surface area contributed by atoms with Crippen LogP contribution >= 0.6 is 0 Å². The van der Waals surface area contributed by atoms with Crippen molar-refractivity contribution in [1.82, 2.24) is 5.32 Å². The summed E-state index contributed by atoms with van der Waals surface area (Å²) in [6.45, 7) is 6.51. The number of carboxylic acid groups (broad SMARTS) is 1. The Kier molecular flexibility index (Phi) is 9.98. The first-order chi connectivity index (χ1) is 8.48. The van der Waals surface area contributed by atoms with Gasteiger partial charge in [0, 0.05) is 13.0 Å². The number of aliphatic hydroxyl groups is 1. The molecular weight excluding hydrogens is 230 g/mol. The first-order valence-electron chi connectivity index (χ1n) is 7.01. The Morgan fingerprint density at radius 3 is 2.33 bits per heavy atom. The number of aliphatic hydroxyl groups excluding tert-OH is 1. The van der Waals surface area contributed by atoms with Gasteiger partial charge in [-0.15, -0.1) is 0 Å². The number of rotatable bonds is 12. The first kappa shape index (κ1) is 17.4. The van der Waals surface area contributed by atoms with Crippen LogP contribution in [0.5, 0.6) is 0 Å². The van der Waals surface area contributed by atoms with E-state index < -0.39 is 5.97 Å². The zero-order valence-electron chi connectivity index (χ0n) is 11.9. The highest BCUT2D eigenvalue weighted by molar-refractivity contribution is 5.66. The van der Waals surface area contributed by atoms with Crippen LogP contribution in [0.4, 0.5) is 0 Å². The standard InChI is InChI=1S/C14H29NO3/c1-14(2,8-7-13(17)18)9-11-15-10-5-3-4-6-12-16/h15-16H,3-12H2,1-2H3,(H,17,18). The molecule has 4 heteroatoms. The predicted octanol–water partition coefficient (Wildman–Crippen LogP) is 2.41. The second kappa shape index (κ2) is 10.3. The minimum atomic E-state index is -0.708. The molecule has 0 aliphatic rings. The zero-order valence-corrected chi connectivity index (χ0v) is 11.9. The Bertz CT molecular complexity index is 217. The van der Waals surface area contributed by atoms with E-state index in [1.807, 2.05) is 0 Å². The van der Waals surface area contributed by atoms with Crippen LogP contribution in [0.2, 0.25) is 0 Å². The molecule has 0 aliphatic carbocycles. The highest BCUT2D eigenvalue weighted by atomic mass is 16.4. The van der Waals surface area contributed by atoms with E-state index in [4.69, 9.17) is 10.2 Å². The molecule has 0 aromatic carbocycles. The SMILES string of the molecule is CC(C)(CCNCCCCCCO)CCC(=O)O. The molecule has 0 saturated carbocycles. The molecule has 108 valence electrons. The number of hydrogen-bond donors (Lipinski definition) is 3. The van der Waals surface area contributed by atoms with E-state index in [0.29, 0.717) is 6.61 Å². The second-order valence-corrected chi connectivity index (χ2v) is 5.70. The lowest BCUT2D eigenvalue weighted by Gasteiger charge is -2.23. The summed E-state index contributed by atoms with van der Waals surface area (Å²) < 4.78 is 0. The summed E-state index contributed by atoms with van der Waals surface area (Å²) in [5.41, 5.74) is 0.0995. The lowest BCUT2D eigenvalue weighted by Crippen LogP contribution is -2.24. The van der Waals surface area contributed by atoms with Gasteiger partial charge in [-0.3, -0.25) is 4.79 Å². The predicted molar refractivity (Wildman–Crippen MR) is 73.7 cm³/mol.